The first-order valence-corrected chi connectivity index (χ1v) is 10.3. The van der Waals surface area contributed by atoms with Crippen molar-refractivity contribution in [3.8, 4) is 0 Å². The van der Waals surface area contributed by atoms with Crippen molar-refractivity contribution < 1.29 is 24.2 Å². The summed E-state index contributed by atoms with van der Waals surface area (Å²) in [5.74, 6) is -1.96. The molecule has 1 aliphatic heterocycles. The van der Waals surface area contributed by atoms with E-state index in [0.29, 0.717) is 43.1 Å². The van der Waals surface area contributed by atoms with Gasteiger partial charge in [-0.05, 0) is 37.3 Å². The third-order valence-electron chi connectivity index (χ3n) is 5.09. The molecule has 2 amide bonds. The van der Waals surface area contributed by atoms with E-state index in [-0.39, 0.29) is 12.3 Å². The number of carbonyl (C=O) groups excluding carboxylic acids is 2. The molecule has 2 heterocycles. The number of hydrogen-bond acceptors (Lipinski definition) is 7. The van der Waals surface area contributed by atoms with E-state index in [1.807, 2.05) is 6.07 Å². The number of ether oxygens (including phenoxy) is 1. The summed E-state index contributed by atoms with van der Waals surface area (Å²) in [7, 11) is 0. The molecule has 0 bridgehead atoms. The van der Waals surface area contributed by atoms with Gasteiger partial charge in [0, 0.05) is 48.0 Å². The third-order valence-corrected chi connectivity index (χ3v) is 5.09. The highest BCUT2D eigenvalue weighted by Gasteiger charge is 2.25. The average molecular weight is 441 g/mol. The number of aromatic nitrogens is 1. The zero-order valence-electron chi connectivity index (χ0n) is 17.8. The number of carboxylic acid groups (broad SMARTS) is 1. The molecule has 2 aromatic rings. The summed E-state index contributed by atoms with van der Waals surface area (Å²) in [6.07, 6.45) is 2.64. The molecule has 0 spiro atoms. The van der Waals surface area contributed by atoms with Crippen LogP contribution in [0.4, 0.5) is 11.4 Å². The lowest BCUT2D eigenvalue weighted by molar-refractivity contribution is -0.137. The second-order valence-electron chi connectivity index (χ2n) is 7.51. The number of carbonyl (C=O) groups is 3. The van der Waals surface area contributed by atoms with Crippen molar-refractivity contribution in [2.45, 2.75) is 25.4 Å². The van der Waals surface area contributed by atoms with Gasteiger partial charge in [-0.3, -0.25) is 19.4 Å². The standard InChI is InChI=1S/C22H27N5O5/c1-14(23)21(30)26-19(13-20(28)29)17-12-16(27-8-10-32-11-9-27)2-3-18(17)25-22(31)15-4-6-24-7-5-15/h2-7,12,14,19H,8-11,13,23H2,1H3,(H,25,31)(H,26,30)(H,28,29)/t14-,19?/m0/s1. The quantitative estimate of drug-likeness (QED) is 0.477. The second-order valence-corrected chi connectivity index (χ2v) is 7.51. The number of morpholine rings is 1. The van der Waals surface area contributed by atoms with Crippen LogP contribution in [0.5, 0.6) is 0 Å². The predicted molar refractivity (Wildman–Crippen MR) is 118 cm³/mol. The van der Waals surface area contributed by atoms with Gasteiger partial charge < -0.3 is 31.1 Å². The highest BCUT2D eigenvalue weighted by Crippen LogP contribution is 2.31. The summed E-state index contributed by atoms with van der Waals surface area (Å²) in [4.78, 5) is 42.6. The van der Waals surface area contributed by atoms with Crippen LogP contribution < -0.4 is 21.3 Å². The molecule has 0 saturated carbocycles. The molecular weight excluding hydrogens is 414 g/mol. The molecule has 32 heavy (non-hydrogen) atoms. The van der Waals surface area contributed by atoms with Gasteiger partial charge in [-0.15, -0.1) is 0 Å². The van der Waals surface area contributed by atoms with Gasteiger partial charge >= 0.3 is 5.97 Å². The van der Waals surface area contributed by atoms with Crippen LogP contribution in [-0.2, 0) is 14.3 Å². The largest absolute Gasteiger partial charge is 0.481 e. The zero-order valence-corrected chi connectivity index (χ0v) is 17.8. The highest BCUT2D eigenvalue weighted by molar-refractivity contribution is 6.04. The number of nitrogens with one attached hydrogen (secondary N) is 2. The maximum atomic E-state index is 12.7. The van der Waals surface area contributed by atoms with Gasteiger partial charge in [-0.1, -0.05) is 0 Å². The minimum Gasteiger partial charge on any atom is -0.481 e. The van der Waals surface area contributed by atoms with Crippen LogP contribution in [0.1, 0.15) is 35.3 Å². The minimum atomic E-state index is -1.09. The fourth-order valence-electron chi connectivity index (χ4n) is 3.38. The Morgan fingerprint density at radius 1 is 1.19 bits per heavy atom. The Kier molecular flexibility index (Phi) is 7.74. The van der Waals surface area contributed by atoms with E-state index in [2.05, 4.69) is 20.5 Å². The van der Waals surface area contributed by atoms with Gasteiger partial charge in [0.1, 0.15) is 0 Å². The molecule has 0 radical (unpaired) electrons. The molecule has 1 fully saturated rings. The lowest BCUT2D eigenvalue weighted by Crippen LogP contribution is -2.41. The number of pyridine rings is 1. The van der Waals surface area contributed by atoms with Crippen molar-refractivity contribution in [1.82, 2.24) is 10.3 Å². The van der Waals surface area contributed by atoms with Crippen LogP contribution in [0.15, 0.2) is 42.7 Å². The van der Waals surface area contributed by atoms with Crippen molar-refractivity contribution in [2.24, 2.45) is 5.73 Å². The van der Waals surface area contributed by atoms with Gasteiger partial charge in [0.25, 0.3) is 5.91 Å². The number of benzene rings is 1. The van der Waals surface area contributed by atoms with Crippen molar-refractivity contribution in [2.75, 3.05) is 36.5 Å². The Morgan fingerprint density at radius 2 is 1.88 bits per heavy atom. The lowest BCUT2D eigenvalue weighted by atomic mass is 9.99. The van der Waals surface area contributed by atoms with Crippen LogP contribution in [-0.4, -0.2) is 60.2 Å². The first-order chi connectivity index (χ1) is 15.3. The maximum Gasteiger partial charge on any atom is 0.305 e. The number of rotatable bonds is 8. The second kappa shape index (κ2) is 10.7. The molecule has 1 aromatic carbocycles. The lowest BCUT2D eigenvalue weighted by Gasteiger charge is -2.30. The Bertz CT molecular complexity index is 960. The van der Waals surface area contributed by atoms with E-state index in [0.717, 1.165) is 5.69 Å². The summed E-state index contributed by atoms with van der Waals surface area (Å²) in [6, 6.07) is 6.80. The SMILES string of the molecule is C[C@H](N)C(=O)NC(CC(=O)O)c1cc(N2CCOCC2)ccc1NC(=O)c1ccncc1. The van der Waals surface area contributed by atoms with Crippen LogP contribution in [0.25, 0.3) is 0 Å². The van der Waals surface area contributed by atoms with Crippen molar-refractivity contribution in [3.05, 3.63) is 53.9 Å². The summed E-state index contributed by atoms with van der Waals surface area (Å²) in [5, 5.41) is 15.0. The Labute approximate surface area is 185 Å². The predicted octanol–water partition coefficient (Wildman–Crippen LogP) is 1.15. The molecule has 10 heteroatoms. The Balaban J connectivity index is 1.99. The first-order valence-electron chi connectivity index (χ1n) is 10.3. The monoisotopic (exact) mass is 441 g/mol. The smallest absolute Gasteiger partial charge is 0.305 e. The number of hydrogen-bond donors (Lipinski definition) is 4. The first kappa shape index (κ1) is 23.2. The molecule has 1 saturated heterocycles. The molecule has 10 nitrogen and oxygen atoms in total. The van der Waals surface area contributed by atoms with E-state index in [1.54, 1.807) is 24.3 Å². The topological polar surface area (TPSA) is 147 Å². The van der Waals surface area contributed by atoms with Crippen LogP contribution in [0.2, 0.25) is 0 Å². The third kappa shape index (κ3) is 6.02. The molecule has 1 unspecified atom stereocenters. The van der Waals surface area contributed by atoms with Crippen LogP contribution in [0.3, 0.4) is 0 Å². The van der Waals surface area contributed by atoms with E-state index in [1.165, 1.54) is 19.3 Å². The number of carboxylic acids is 1. The molecule has 170 valence electrons. The number of nitrogens with zero attached hydrogens (tertiary/aromatic N) is 2. The molecule has 3 rings (SSSR count). The molecule has 5 N–H and O–H groups in total. The zero-order chi connectivity index (χ0) is 23.1. The Morgan fingerprint density at radius 3 is 2.50 bits per heavy atom. The number of anilines is 2. The summed E-state index contributed by atoms with van der Waals surface area (Å²) < 4.78 is 5.40. The van der Waals surface area contributed by atoms with Gasteiger partial charge in [-0.25, -0.2) is 0 Å². The van der Waals surface area contributed by atoms with Crippen LogP contribution >= 0.6 is 0 Å². The van der Waals surface area contributed by atoms with Gasteiger partial charge in [0.05, 0.1) is 31.7 Å². The van der Waals surface area contributed by atoms with E-state index in [9.17, 15) is 19.5 Å². The summed E-state index contributed by atoms with van der Waals surface area (Å²) in [6.45, 7) is 4.03. The highest BCUT2D eigenvalue weighted by atomic mass is 16.5. The molecule has 2 atom stereocenters. The summed E-state index contributed by atoms with van der Waals surface area (Å²) >= 11 is 0. The van der Waals surface area contributed by atoms with Crippen molar-refractivity contribution in [3.63, 3.8) is 0 Å². The van der Waals surface area contributed by atoms with Gasteiger partial charge in [0.2, 0.25) is 5.91 Å². The number of aliphatic carboxylic acids is 1. The fourth-order valence-corrected chi connectivity index (χ4v) is 3.38. The molecule has 0 aliphatic carbocycles. The fraction of sp³-hybridized carbons (Fsp3) is 0.364. The van der Waals surface area contributed by atoms with Gasteiger partial charge in [-0.2, -0.15) is 0 Å². The van der Waals surface area contributed by atoms with E-state index >= 15 is 0 Å². The summed E-state index contributed by atoms with van der Waals surface area (Å²) in [5.41, 5.74) is 7.80. The number of nitrogens with two attached hydrogens (primary N) is 1. The minimum absolute atomic E-state index is 0.372. The maximum absolute atomic E-state index is 12.7. The van der Waals surface area contributed by atoms with E-state index in [4.69, 9.17) is 10.5 Å². The number of amides is 2. The van der Waals surface area contributed by atoms with Crippen molar-refractivity contribution in [1.29, 1.82) is 0 Å². The van der Waals surface area contributed by atoms with E-state index < -0.39 is 24.0 Å². The molecular formula is C22H27N5O5. The Hall–Kier alpha value is -3.50. The molecule has 1 aliphatic rings. The van der Waals surface area contributed by atoms with Crippen molar-refractivity contribution >= 4 is 29.2 Å². The normalized spacial score (nSPS) is 15.5. The molecule has 1 aromatic heterocycles. The average Bonchev–Trinajstić information content (AvgIpc) is 2.79. The van der Waals surface area contributed by atoms with Crippen LogP contribution in [0, 0.1) is 0 Å². The van der Waals surface area contributed by atoms with Gasteiger partial charge in [0.15, 0.2) is 0 Å².